The highest BCUT2D eigenvalue weighted by atomic mass is 19.1. The van der Waals surface area contributed by atoms with Crippen molar-refractivity contribution in [2.24, 2.45) is 0 Å². The van der Waals surface area contributed by atoms with Gasteiger partial charge in [0, 0.05) is 19.2 Å². The molecule has 2 amide bonds. The number of rotatable bonds is 6. The predicted molar refractivity (Wildman–Crippen MR) is 71.6 cm³/mol. The van der Waals surface area contributed by atoms with Gasteiger partial charge in [-0.3, -0.25) is 9.59 Å². The van der Waals surface area contributed by atoms with Crippen LogP contribution < -0.4 is 16.0 Å². The van der Waals surface area contributed by atoms with Crippen molar-refractivity contribution in [2.45, 2.75) is 13.3 Å². The number of carbonyl (C=O) groups is 2. The van der Waals surface area contributed by atoms with Crippen LogP contribution in [0.25, 0.3) is 0 Å². The van der Waals surface area contributed by atoms with Crippen molar-refractivity contribution in [1.82, 2.24) is 10.6 Å². The van der Waals surface area contributed by atoms with Crippen LogP contribution >= 0.6 is 0 Å². The second-order valence-electron chi connectivity index (χ2n) is 4.09. The molecule has 6 heteroatoms. The Bertz CT molecular complexity index is 463. The summed E-state index contributed by atoms with van der Waals surface area (Å²) in [7, 11) is 1.82. The second kappa shape index (κ2) is 7.48. The molecule has 0 radical (unpaired) electrons. The van der Waals surface area contributed by atoms with E-state index in [1.165, 1.54) is 19.1 Å². The van der Waals surface area contributed by atoms with Gasteiger partial charge in [0.1, 0.15) is 5.82 Å². The zero-order valence-electron chi connectivity index (χ0n) is 11.0. The fraction of sp³-hybridized carbons (Fsp3) is 0.385. The highest BCUT2D eigenvalue weighted by Crippen LogP contribution is 2.14. The Morgan fingerprint density at radius 1 is 1.26 bits per heavy atom. The molecule has 1 aromatic rings. The van der Waals surface area contributed by atoms with E-state index in [1.807, 2.05) is 7.05 Å². The molecule has 5 nitrogen and oxygen atoms in total. The molecule has 0 bridgehead atoms. The minimum Gasteiger partial charge on any atom is -0.352 e. The molecule has 0 aliphatic rings. The predicted octanol–water partition coefficient (Wildman–Crippen LogP) is 1.12. The highest BCUT2D eigenvalue weighted by Gasteiger charge is 2.12. The summed E-state index contributed by atoms with van der Waals surface area (Å²) in [5.41, 5.74) is 0.324. The van der Waals surface area contributed by atoms with Crippen LogP contribution in [0.4, 0.5) is 10.1 Å². The number of anilines is 1. The topological polar surface area (TPSA) is 70.2 Å². The monoisotopic (exact) mass is 267 g/mol. The van der Waals surface area contributed by atoms with Gasteiger partial charge in [0.15, 0.2) is 0 Å². The summed E-state index contributed by atoms with van der Waals surface area (Å²) >= 11 is 0. The summed E-state index contributed by atoms with van der Waals surface area (Å²) in [6.45, 7) is 2.58. The zero-order valence-corrected chi connectivity index (χ0v) is 11.0. The molecule has 1 aromatic carbocycles. The lowest BCUT2D eigenvalue weighted by Gasteiger charge is -2.08. The van der Waals surface area contributed by atoms with Gasteiger partial charge >= 0.3 is 0 Å². The summed E-state index contributed by atoms with van der Waals surface area (Å²) < 4.78 is 13.5. The van der Waals surface area contributed by atoms with E-state index >= 15 is 0 Å². The van der Waals surface area contributed by atoms with Crippen LogP contribution in [-0.2, 0) is 4.79 Å². The first-order valence-electron chi connectivity index (χ1n) is 6.04. The summed E-state index contributed by atoms with van der Waals surface area (Å²) in [5.74, 6) is -1.37. The van der Waals surface area contributed by atoms with Crippen LogP contribution in [-0.4, -0.2) is 32.0 Å². The van der Waals surface area contributed by atoms with Gasteiger partial charge < -0.3 is 16.0 Å². The molecule has 3 N–H and O–H groups in total. The standard InChI is InChI=1S/C13H18FN3O2/c1-9(18)17-10-4-5-12(14)11(8-10)13(19)16-7-3-6-15-2/h4-5,8,15H,3,6-7H2,1-2H3,(H,16,19)(H,17,18). The van der Waals surface area contributed by atoms with E-state index < -0.39 is 11.7 Å². The minimum atomic E-state index is -0.611. The first kappa shape index (κ1) is 15.1. The number of halogens is 1. The molecule has 0 spiro atoms. The Morgan fingerprint density at radius 2 is 2.00 bits per heavy atom. The Morgan fingerprint density at radius 3 is 2.63 bits per heavy atom. The third-order valence-electron chi connectivity index (χ3n) is 2.42. The average Bonchev–Trinajstić information content (AvgIpc) is 2.36. The van der Waals surface area contributed by atoms with Gasteiger partial charge in [-0.1, -0.05) is 0 Å². The SMILES string of the molecule is CNCCCNC(=O)c1cc(NC(C)=O)ccc1F. The normalized spacial score (nSPS) is 10.1. The van der Waals surface area contributed by atoms with Gasteiger partial charge in [0.2, 0.25) is 5.91 Å². The quantitative estimate of drug-likeness (QED) is 0.677. The van der Waals surface area contributed by atoms with Crippen LogP contribution in [0.15, 0.2) is 18.2 Å². The molecule has 0 saturated carbocycles. The molecule has 0 atom stereocenters. The molecule has 0 aliphatic carbocycles. The van der Waals surface area contributed by atoms with Crippen molar-refractivity contribution >= 4 is 17.5 Å². The van der Waals surface area contributed by atoms with E-state index in [1.54, 1.807) is 0 Å². The molecular formula is C13H18FN3O2. The smallest absolute Gasteiger partial charge is 0.254 e. The summed E-state index contributed by atoms with van der Waals surface area (Å²) in [4.78, 5) is 22.7. The molecule has 0 fully saturated rings. The van der Waals surface area contributed by atoms with Crippen LogP contribution in [0.5, 0.6) is 0 Å². The summed E-state index contributed by atoms with van der Waals surface area (Å²) in [6.07, 6.45) is 0.759. The van der Waals surface area contributed by atoms with Crippen molar-refractivity contribution < 1.29 is 14.0 Å². The molecule has 0 unspecified atom stereocenters. The van der Waals surface area contributed by atoms with Gasteiger partial charge in [0.05, 0.1) is 5.56 Å². The van der Waals surface area contributed by atoms with Crippen molar-refractivity contribution in [3.05, 3.63) is 29.6 Å². The third-order valence-corrected chi connectivity index (χ3v) is 2.42. The lowest BCUT2D eigenvalue weighted by molar-refractivity contribution is -0.114. The van der Waals surface area contributed by atoms with Gasteiger partial charge in [-0.2, -0.15) is 0 Å². The van der Waals surface area contributed by atoms with Crippen LogP contribution in [0.3, 0.4) is 0 Å². The van der Waals surface area contributed by atoms with Crippen molar-refractivity contribution in [1.29, 1.82) is 0 Å². The molecular weight excluding hydrogens is 249 g/mol. The number of carbonyl (C=O) groups excluding carboxylic acids is 2. The summed E-state index contributed by atoms with van der Waals surface area (Å²) in [6, 6.07) is 3.90. The first-order valence-corrected chi connectivity index (χ1v) is 6.04. The van der Waals surface area contributed by atoms with Crippen LogP contribution in [0, 0.1) is 5.82 Å². The van der Waals surface area contributed by atoms with Crippen molar-refractivity contribution in [3.63, 3.8) is 0 Å². The number of benzene rings is 1. The lowest BCUT2D eigenvalue weighted by atomic mass is 10.1. The zero-order chi connectivity index (χ0) is 14.3. The van der Waals surface area contributed by atoms with E-state index in [2.05, 4.69) is 16.0 Å². The molecule has 19 heavy (non-hydrogen) atoms. The largest absolute Gasteiger partial charge is 0.352 e. The third kappa shape index (κ3) is 5.05. The van der Waals surface area contributed by atoms with E-state index in [4.69, 9.17) is 0 Å². The molecule has 104 valence electrons. The van der Waals surface area contributed by atoms with Crippen molar-refractivity contribution in [2.75, 3.05) is 25.5 Å². The van der Waals surface area contributed by atoms with E-state index in [0.29, 0.717) is 12.2 Å². The fourth-order valence-corrected chi connectivity index (χ4v) is 1.54. The number of nitrogens with one attached hydrogen (secondary N) is 3. The van der Waals surface area contributed by atoms with E-state index in [0.717, 1.165) is 19.0 Å². The van der Waals surface area contributed by atoms with Gasteiger partial charge in [0.25, 0.3) is 5.91 Å². The van der Waals surface area contributed by atoms with Gasteiger partial charge in [-0.05, 0) is 38.2 Å². The molecule has 0 aliphatic heterocycles. The maximum absolute atomic E-state index is 13.5. The summed E-state index contributed by atoms with van der Waals surface area (Å²) in [5, 5.41) is 8.08. The maximum atomic E-state index is 13.5. The molecule has 0 aromatic heterocycles. The highest BCUT2D eigenvalue weighted by molar-refractivity contribution is 5.97. The fourth-order valence-electron chi connectivity index (χ4n) is 1.54. The lowest BCUT2D eigenvalue weighted by Crippen LogP contribution is -2.27. The Hall–Kier alpha value is -1.95. The number of hydrogen-bond donors (Lipinski definition) is 3. The van der Waals surface area contributed by atoms with Crippen LogP contribution in [0.2, 0.25) is 0 Å². The number of hydrogen-bond acceptors (Lipinski definition) is 3. The maximum Gasteiger partial charge on any atom is 0.254 e. The molecule has 1 rings (SSSR count). The first-order chi connectivity index (χ1) is 9.04. The van der Waals surface area contributed by atoms with Gasteiger partial charge in [-0.15, -0.1) is 0 Å². The average molecular weight is 267 g/mol. The Kier molecular flexibility index (Phi) is 5.95. The van der Waals surface area contributed by atoms with Crippen LogP contribution in [0.1, 0.15) is 23.7 Å². The Labute approximate surface area is 111 Å². The van der Waals surface area contributed by atoms with E-state index in [-0.39, 0.29) is 11.5 Å². The van der Waals surface area contributed by atoms with Crippen molar-refractivity contribution in [3.8, 4) is 0 Å². The number of amides is 2. The molecule has 0 heterocycles. The molecule has 0 saturated heterocycles. The Balaban J connectivity index is 2.69. The van der Waals surface area contributed by atoms with E-state index in [9.17, 15) is 14.0 Å². The second-order valence-corrected chi connectivity index (χ2v) is 4.09. The minimum absolute atomic E-state index is 0.0734. The van der Waals surface area contributed by atoms with Gasteiger partial charge in [-0.25, -0.2) is 4.39 Å².